The third kappa shape index (κ3) is 3.29. The summed E-state index contributed by atoms with van der Waals surface area (Å²) in [7, 11) is 0. The Morgan fingerprint density at radius 1 is 0.952 bits per heavy atom. The van der Waals surface area contributed by atoms with Gasteiger partial charge in [0.2, 0.25) is 0 Å². The fraction of sp³-hybridized carbons (Fsp3) is 0.500. The first kappa shape index (κ1) is 16.0. The third-order valence-electron chi connectivity index (χ3n) is 5.06. The summed E-state index contributed by atoms with van der Waals surface area (Å²) in [5, 5.41) is 2.70. The first-order chi connectivity index (χ1) is 10.2. The maximum absolute atomic E-state index is 6.80. The number of nitrogens with two attached hydrogens (primary N) is 1. The van der Waals surface area contributed by atoms with Crippen molar-refractivity contribution in [2.45, 2.75) is 64.3 Å². The summed E-state index contributed by atoms with van der Waals surface area (Å²) in [6.45, 7) is 6.72. The van der Waals surface area contributed by atoms with Crippen LogP contribution in [0.2, 0.25) is 0 Å². The zero-order chi connectivity index (χ0) is 15.3. The minimum Gasteiger partial charge on any atom is -0.325 e. The number of hydrogen-bond donors (Lipinski definition) is 1. The van der Waals surface area contributed by atoms with Crippen LogP contribution in [0.15, 0.2) is 42.5 Å². The van der Waals surface area contributed by atoms with Gasteiger partial charge in [-0.1, -0.05) is 76.1 Å². The average molecular weight is 283 g/mol. The van der Waals surface area contributed by atoms with Gasteiger partial charge >= 0.3 is 0 Å². The van der Waals surface area contributed by atoms with E-state index in [1.807, 2.05) is 0 Å². The molecule has 0 heterocycles. The highest BCUT2D eigenvalue weighted by atomic mass is 14.8. The number of unbranched alkanes of at least 4 members (excludes halogenated alkanes) is 1. The van der Waals surface area contributed by atoms with Crippen molar-refractivity contribution in [2.75, 3.05) is 0 Å². The molecule has 0 amide bonds. The van der Waals surface area contributed by atoms with E-state index in [9.17, 15) is 0 Å². The largest absolute Gasteiger partial charge is 0.325 e. The van der Waals surface area contributed by atoms with Crippen LogP contribution in [0.3, 0.4) is 0 Å². The van der Waals surface area contributed by atoms with E-state index >= 15 is 0 Å². The summed E-state index contributed by atoms with van der Waals surface area (Å²) in [6.07, 6.45) is 5.71. The topological polar surface area (TPSA) is 26.0 Å². The first-order valence-corrected chi connectivity index (χ1v) is 8.42. The molecular formula is C20H29N. The van der Waals surface area contributed by atoms with Crippen molar-refractivity contribution in [1.29, 1.82) is 0 Å². The second kappa shape index (κ2) is 7.09. The van der Waals surface area contributed by atoms with Crippen LogP contribution in [0, 0.1) is 0 Å². The Morgan fingerprint density at radius 2 is 1.62 bits per heavy atom. The molecule has 1 heteroatoms. The molecule has 1 unspecified atom stereocenters. The van der Waals surface area contributed by atoms with Crippen molar-refractivity contribution < 1.29 is 0 Å². The lowest BCUT2D eigenvalue weighted by Gasteiger charge is -2.37. The summed E-state index contributed by atoms with van der Waals surface area (Å²) >= 11 is 0. The van der Waals surface area contributed by atoms with Gasteiger partial charge in [-0.15, -0.1) is 0 Å². The second-order valence-electron chi connectivity index (χ2n) is 6.20. The summed E-state index contributed by atoms with van der Waals surface area (Å²) in [5.41, 5.74) is 8.14. The fourth-order valence-corrected chi connectivity index (χ4v) is 3.46. The highest BCUT2D eigenvalue weighted by molar-refractivity contribution is 5.86. The van der Waals surface area contributed by atoms with Gasteiger partial charge in [-0.3, -0.25) is 0 Å². The Bertz CT molecular complexity index is 564. The molecule has 2 N–H and O–H groups in total. The van der Waals surface area contributed by atoms with Gasteiger partial charge in [0, 0.05) is 11.5 Å². The third-order valence-corrected chi connectivity index (χ3v) is 5.06. The zero-order valence-electron chi connectivity index (χ0n) is 13.7. The Morgan fingerprint density at radius 3 is 2.29 bits per heavy atom. The van der Waals surface area contributed by atoms with E-state index in [-0.39, 0.29) is 5.54 Å². The molecule has 2 aromatic carbocycles. The van der Waals surface area contributed by atoms with Gasteiger partial charge in [0.05, 0.1) is 0 Å². The predicted molar refractivity (Wildman–Crippen MR) is 93.7 cm³/mol. The molecule has 114 valence electrons. The Balaban J connectivity index is 2.53. The van der Waals surface area contributed by atoms with Gasteiger partial charge in [0.15, 0.2) is 0 Å². The Hall–Kier alpha value is -1.34. The zero-order valence-corrected chi connectivity index (χ0v) is 13.7. The maximum atomic E-state index is 6.80. The molecule has 0 radical (unpaired) electrons. The summed E-state index contributed by atoms with van der Waals surface area (Å²) in [4.78, 5) is 0. The van der Waals surface area contributed by atoms with Crippen LogP contribution in [0.5, 0.6) is 0 Å². The standard InChI is InChI=1S/C20H29N/c1-4-7-15-19(20(21,5-2)6-3)18-14-10-12-16-11-8-9-13-17(16)18/h8-14,19H,4-7,15,21H2,1-3H3. The van der Waals surface area contributed by atoms with Crippen molar-refractivity contribution in [2.24, 2.45) is 5.73 Å². The van der Waals surface area contributed by atoms with Gasteiger partial charge in [0.1, 0.15) is 0 Å². The molecule has 0 aliphatic rings. The number of hydrogen-bond acceptors (Lipinski definition) is 1. The van der Waals surface area contributed by atoms with E-state index in [2.05, 4.69) is 63.2 Å². The predicted octanol–water partition coefficient (Wildman–Crippen LogP) is 5.63. The summed E-state index contributed by atoms with van der Waals surface area (Å²) < 4.78 is 0. The van der Waals surface area contributed by atoms with E-state index in [0.717, 1.165) is 12.8 Å². The van der Waals surface area contributed by atoms with E-state index in [1.54, 1.807) is 0 Å². The van der Waals surface area contributed by atoms with Crippen molar-refractivity contribution in [3.05, 3.63) is 48.0 Å². The SMILES string of the molecule is CCCCC(c1cccc2ccccc12)C(N)(CC)CC. The average Bonchev–Trinajstić information content (AvgIpc) is 2.55. The lowest BCUT2D eigenvalue weighted by atomic mass is 9.72. The molecule has 0 aliphatic heterocycles. The first-order valence-electron chi connectivity index (χ1n) is 8.42. The molecule has 0 aliphatic carbocycles. The van der Waals surface area contributed by atoms with E-state index in [1.165, 1.54) is 35.6 Å². The lowest BCUT2D eigenvalue weighted by Crippen LogP contribution is -2.44. The van der Waals surface area contributed by atoms with E-state index < -0.39 is 0 Å². The smallest absolute Gasteiger partial charge is 0.0218 e. The molecular weight excluding hydrogens is 254 g/mol. The normalized spacial score (nSPS) is 13.5. The molecule has 0 saturated carbocycles. The van der Waals surface area contributed by atoms with E-state index in [0.29, 0.717) is 5.92 Å². The lowest BCUT2D eigenvalue weighted by molar-refractivity contribution is 0.303. The highest BCUT2D eigenvalue weighted by Gasteiger charge is 2.33. The van der Waals surface area contributed by atoms with Gasteiger partial charge in [-0.05, 0) is 35.6 Å². The van der Waals surface area contributed by atoms with Gasteiger partial charge in [-0.25, -0.2) is 0 Å². The molecule has 1 nitrogen and oxygen atoms in total. The molecule has 2 aromatic rings. The molecule has 0 bridgehead atoms. The van der Waals surface area contributed by atoms with Crippen molar-refractivity contribution in [3.8, 4) is 0 Å². The van der Waals surface area contributed by atoms with Crippen LogP contribution < -0.4 is 5.73 Å². The molecule has 21 heavy (non-hydrogen) atoms. The number of rotatable bonds is 7. The molecule has 0 fully saturated rings. The Labute approximate surface area is 129 Å². The maximum Gasteiger partial charge on any atom is 0.0218 e. The van der Waals surface area contributed by atoms with Crippen molar-refractivity contribution in [3.63, 3.8) is 0 Å². The van der Waals surface area contributed by atoms with Crippen LogP contribution in [0.4, 0.5) is 0 Å². The molecule has 2 rings (SSSR count). The number of benzene rings is 2. The molecule has 1 atom stereocenters. The Kier molecular flexibility index (Phi) is 5.41. The minimum atomic E-state index is -0.0979. The highest BCUT2D eigenvalue weighted by Crippen LogP contribution is 2.39. The van der Waals surface area contributed by atoms with E-state index in [4.69, 9.17) is 5.73 Å². The quantitative estimate of drug-likeness (QED) is 0.700. The van der Waals surface area contributed by atoms with Crippen LogP contribution in [0.1, 0.15) is 64.4 Å². The van der Waals surface area contributed by atoms with Crippen molar-refractivity contribution in [1.82, 2.24) is 0 Å². The van der Waals surface area contributed by atoms with Crippen molar-refractivity contribution >= 4 is 10.8 Å². The summed E-state index contributed by atoms with van der Waals surface area (Å²) in [6, 6.07) is 15.4. The van der Waals surface area contributed by atoms with Gasteiger partial charge in [0.25, 0.3) is 0 Å². The molecule has 0 spiro atoms. The van der Waals surface area contributed by atoms with Crippen LogP contribution >= 0.6 is 0 Å². The minimum absolute atomic E-state index is 0.0979. The van der Waals surface area contributed by atoms with Crippen LogP contribution in [0.25, 0.3) is 10.8 Å². The summed E-state index contributed by atoms with van der Waals surface area (Å²) in [5.74, 6) is 0.443. The van der Waals surface area contributed by atoms with Gasteiger partial charge < -0.3 is 5.73 Å². The van der Waals surface area contributed by atoms with Gasteiger partial charge in [-0.2, -0.15) is 0 Å². The second-order valence-corrected chi connectivity index (χ2v) is 6.20. The molecule has 0 saturated heterocycles. The van der Waals surface area contributed by atoms with Crippen LogP contribution in [-0.4, -0.2) is 5.54 Å². The van der Waals surface area contributed by atoms with Crippen LogP contribution in [-0.2, 0) is 0 Å². The molecule has 0 aromatic heterocycles. The number of fused-ring (bicyclic) bond motifs is 1. The fourth-order valence-electron chi connectivity index (χ4n) is 3.46. The monoisotopic (exact) mass is 283 g/mol.